The molecule has 0 aliphatic heterocycles. The Morgan fingerprint density at radius 2 is 1.79 bits per heavy atom. The summed E-state index contributed by atoms with van der Waals surface area (Å²) in [5, 5.41) is 8.68. The zero-order valence-electron chi connectivity index (χ0n) is 9.99. The predicted octanol–water partition coefficient (Wildman–Crippen LogP) is 3.95. The van der Waals surface area contributed by atoms with Crippen molar-refractivity contribution in [1.82, 2.24) is 4.98 Å². The van der Waals surface area contributed by atoms with E-state index in [0.717, 1.165) is 6.07 Å². The molecule has 2 rings (SSSR count). The number of alkyl halides is 3. The van der Waals surface area contributed by atoms with Gasteiger partial charge in [-0.25, -0.2) is 0 Å². The third-order valence-electron chi connectivity index (χ3n) is 2.67. The highest BCUT2D eigenvalue weighted by Gasteiger charge is 2.34. The number of aryl methyl sites for hydroxylation is 1. The number of rotatable bonds is 1. The number of pyridine rings is 1. The molecule has 0 saturated carbocycles. The molecule has 1 aromatic carbocycles. The first-order valence-corrected chi connectivity index (χ1v) is 5.46. The Hall–Kier alpha value is -2.35. The molecule has 0 amide bonds. The highest BCUT2D eigenvalue weighted by molar-refractivity contribution is 5.68. The number of benzene rings is 1. The van der Waals surface area contributed by atoms with E-state index in [1.165, 1.54) is 37.4 Å². The molecule has 2 aromatic rings. The summed E-state index contributed by atoms with van der Waals surface area (Å²) < 4.78 is 38.9. The van der Waals surface area contributed by atoms with Crippen LogP contribution < -0.4 is 0 Å². The van der Waals surface area contributed by atoms with Crippen molar-refractivity contribution in [2.24, 2.45) is 0 Å². The van der Waals surface area contributed by atoms with Crippen LogP contribution in [0.3, 0.4) is 0 Å². The van der Waals surface area contributed by atoms with Gasteiger partial charge in [0.1, 0.15) is 0 Å². The van der Waals surface area contributed by atoms with Gasteiger partial charge in [0.2, 0.25) is 0 Å². The van der Waals surface area contributed by atoms with Gasteiger partial charge in [0.15, 0.2) is 0 Å². The van der Waals surface area contributed by atoms with Crippen LogP contribution >= 0.6 is 0 Å². The van der Waals surface area contributed by atoms with Gasteiger partial charge in [-0.1, -0.05) is 12.1 Å². The highest BCUT2D eigenvalue weighted by atomic mass is 19.4. The summed E-state index contributed by atoms with van der Waals surface area (Å²) >= 11 is 0. The average Bonchev–Trinajstić information content (AvgIpc) is 2.38. The molecule has 0 aliphatic carbocycles. The second kappa shape index (κ2) is 4.73. The van der Waals surface area contributed by atoms with Gasteiger partial charge in [-0.05, 0) is 30.7 Å². The van der Waals surface area contributed by atoms with Crippen molar-refractivity contribution in [2.45, 2.75) is 13.1 Å². The fourth-order valence-electron chi connectivity index (χ4n) is 1.75. The molecule has 0 fully saturated rings. The summed E-state index contributed by atoms with van der Waals surface area (Å²) in [4.78, 5) is 3.91. The summed E-state index contributed by atoms with van der Waals surface area (Å²) in [7, 11) is 0. The van der Waals surface area contributed by atoms with E-state index in [1.807, 2.05) is 6.07 Å². The zero-order valence-corrected chi connectivity index (χ0v) is 9.99. The fourth-order valence-corrected chi connectivity index (χ4v) is 1.75. The minimum atomic E-state index is -4.43. The van der Waals surface area contributed by atoms with Crippen molar-refractivity contribution in [3.63, 3.8) is 0 Å². The quantitative estimate of drug-likeness (QED) is 0.780. The maximum Gasteiger partial charge on any atom is 0.417 e. The Balaban J connectivity index is 2.58. The molecule has 1 aromatic heterocycles. The highest BCUT2D eigenvalue weighted by Crippen LogP contribution is 2.36. The SMILES string of the molecule is Cc1cc(C(F)(F)F)c(-c2ccc(C#N)cc2)cn1. The van der Waals surface area contributed by atoms with E-state index in [9.17, 15) is 13.2 Å². The predicted molar refractivity (Wildman–Crippen MR) is 64.1 cm³/mol. The first-order chi connectivity index (χ1) is 8.91. The van der Waals surface area contributed by atoms with E-state index in [-0.39, 0.29) is 5.56 Å². The van der Waals surface area contributed by atoms with Crippen LogP contribution in [0.2, 0.25) is 0 Å². The van der Waals surface area contributed by atoms with Gasteiger partial charge in [0.05, 0.1) is 17.2 Å². The van der Waals surface area contributed by atoms with Gasteiger partial charge in [-0.3, -0.25) is 4.98 Å². The summed E-state index contributed by atoms with van der Waals surface area (Å²) in [5.41, 5.74) is 0.397. The van der Waals surface area contributed by atoms with Crippen molar-refractivity contribution in [1.29, 1.82) is 5.26 Å². The second-order valence-electron chi connectivity index (χ2n) is 4.06. The lowest BCUT2D eigenvalue weighted by atomic mass is 10.00. The summed E-state index contributed by atoms with van der Waals surface area (Å²) in [6, 6.07) is 8.88. The van der Waals surface area contributed by atoms with Crippen LogP contribution in [0.15, 0.2) is 36.5 Å². The Kier molecular flexibility index (Phi) is 3.26. The van der Waals surface area contributed by atoms with E-state index in [1.54, 1.807) is 0 Å². The maximum atomic E-state index is 13.0. The maximum absolute atomic E-state index is 13.0. The summed E-state index contributed by atoms with van der Waals surface area (Å²) in [6.45, 7) is 1.51. The van der Waals surface area contributed by atoms with Crippen molar-refractivity contribution in [2.75, 3.05) is 0 Å². The average molecular weight is 262 g/mol. The molecule has 0 aliphatic rings. The molecule has 0 unspecified atom stereocenters. The van der Waals surface area contributed by atoms with Gasteiger partial charge in [-0.15, -0.1) is 0 Å². The monoisotopic (exact) mass is 262 g/mol. The van der Waals surface area contributed by atoms with Gasteiger partial charge < -0.3 is 0 Å². The lowest BCUT2D eigenvalue weighted by Gasteiger charge is -2.13. The lowest BCUT2D eigenvalue weighted by molar-refractivity contribution is -0.137. The van der Waals surface area contributed by atoms with Crippen molar-refractivity contribution in [3.05, 3.63) is 53.3 Å². The standard InChI is InChI=1S/C14H9F3N2/c1-9-6-13(14(15,16)17)12(8-19-9)11-4-2-10(7-18)3-5-11/h2-6,8H,1H3. The van der Waals surface area contributed by atoms with Crippen LogP contribution in [-0.4, -0.2) is 4.98 Å². The zero-order chi connectivity index (χ0) is 14.0. The van der Waals surface area contributed by atoms with Crippen LogP contribution in [0.25, 0.3) is 11.1 Å². The van der Waals surface area contributed by atoms with E-state index in [2.05, 4.69) is 4.98 Å². The molecule has 0 atom stereocenters. The smallest absolute Gasteiger partial charge is 0.261 e. The van der Waals surface area contributed by atoms with Crippen LogP contribution in [0, 0.1) is 18.3 Å². The molecule has 2 nitrogen and oxygen atoms in total. The van der Waals surface area contributed by atoms with Crippen LogP contribution in [0.5, 0.6) is 0 Å². The topological polar surface area (TPSA) is 36.7 Å². The van der Waals surface area contributed by atoms with Crippen LogP contribution in [0.1, 0.15) is 16.8 Å². The van der Waals surface area contributed by atoms with Crippen molar-refractivity contribution >= 4 is 0 Å². The molecule has 0 bridgehead atoms. The van der Waals surface area contributed by atoms with Crippen LogP contribution in [-0.2, 0) is 6.18 Å². The van der Waals surface area contributed by atoms with Crippen molar-refractivity contribution < 1.29 is 13.2 Å². The molecule has 0 saturated heterocycles. The van der Waals surface area contributed by atoms with E-state index in [0.29, 0.717) is 16.8 Å². The minimum absolute atomic E-state index is 0.0163. The number of nitriles is 1. The Morgan fingerprint density at radius 3 is 2.32 bits per heavy atom. The third kappa shape index (κ3) is 2.74. The van der Waals surface area contributed by atoms with Gasteiger partial charge in [0, 0.05) is 17.5 Å². The largest absolute Gasteiger partial charge is 0.417 e. The Bertz CT molecular complexity index is 637. The molecule has 0 radical (unpaired) electrons. The summed E-state index contributed by atoms with van der Waals surface area (Å²) in [5.74, 6) is 0. The number of nitrogens with zero attached hydrogens (tertiary/aromatic N) is 2. The first kappa shape index (κ1) is 13.1. The lowest BCUT2D eigenvalue weighted by Crippen LogP contribution is -2.08. The second-order valence-corrected chi connectivity index (χ2v) is 4.06. The van der Waals surface area contributed by atoms with E-state index < -0.39 is 11.7 Å². The molecular weight excluding hydrogens is 253 g/mol. The molecule has 19 heavy (non-hydrogen) atoms. The normalized spacial score (nSPS) is 11.1. The number of halogens is 3. The molecule has 96 valence electrons. The minimum Gasteiger partial charge on any atom is -0.261 e. The Morgan fingerprint density at radius 1 is 1.16 bits per heavy atom. The van der Waals surface area contributed by atoms with Gasteiger partial charge in [0.25, 0.3) is 0 Å². The van der Waals surface area contributed by atoms with Crippen LogP contribution in [0.4, 0.5) is 13.2 Å². The Labute approximate surface area is 108 Å². The summed E-state index contributed by atoms with van der Waals surface area (Å²) in [6.07, 6.45) is -3.23. The van der Waals surface area contributed by atoms with Gasteiger partial charge in [-0.2, -0.15) is 18.4 Å². The molecule has 1 heterocycles. The van der Waals surface area contributed by atoms with Crippen molar-refractivity contribution in [3.8, 4) is 17.2 Å². The van der Waals surface area contributed by atoms with Gasteiger partial charge >= 0.3 is 6.18 Å². The molecule has 5 heteroatoms. The number of aromatic nitrogens is 1. The van der Waals surface area contributed by atoms with E-state index in [4.69, 9.17) is 5.26 Å². The van der Waals surface area contributed by atoms with E-state index >= 15 is 0 Å². The third-order valence-corrected chi connectivity index (χ3v) is 2.67. The molecular formula is C14H9F3N2. The molecule has 0 spiro atoms. The number of hydrogen-bond acceptors (Lipinski definition) is 2. The molecule has 0 N–H and O–H groups in total. The fraction of sp³-hybridized carbons (Fsp3) is 0.143. The first-order valence-electron chi connectivity index (χ1n) is 5.46. The number of hydrogen-bond donors (Lipinski definition) is 0.